The number of fused-ring (bicyclic) bond motifs is 5. The molecule has 8 rings (SSSR count). The lowest BCUT2D eigenvalue weighted by Gasteiger charge is -2.24. The first-order valence-electron chi connectivity index (χ1n) is 15.2. The predicted octanol–water partition coefficient (Wildman–Crippen LogP) is 8.20. The molecule has 4 heterocycles. The van der Waals surface area contributed by atoms with E-state index in [0.717, 1.165) is 55.5 Å². The Kier molecular flexibility index (Phi) is 6.77. The van der Waals surface area contributed by atoms with Crippen molar-refractivity contribution in [3.63, 3.8) is 0 Å². The van der Waals surface area contributed by atoms with E-state index in [4.69, 9.17) is 30.8 Å². The van der Waals surface area contributed by atoms with E-state index in [1.54, 1.807) is 7.11 Å². The first kappa shape index (κ1) is 28.9. The number of aromatic nitrogens is 4. The molecule has 0 unspecified atom stereocenters. The van der Waals surface area contributed by atoms with Crippen LogP contribution < -0.4 is 10.1 Å². The molecule has 3 fully saturated rings. The number of nitrogens with one attached hydrogen (secondary N) is 1. The van der Waals surface area contributed by atoms with Crippen LogP contribution in [0.3, 0.4) is 0 Å². The summed E-state index contributed by atoms with van der Waals surface area (Å²) in [5, 5.41) is 5.88. The Morgan fingerprint density at radius 2 is 1.96 bits per heavy atom. The van der Waals surface area contributed by atoms with Crippen LogP contribution in [0.25, 0.3) is 27.5 Å². The van der Waals surface area contributed by atoms with Gasteiger partial charge in [-0.15, -0.1) is 0 Å². The van der Waals surface area contributed by atoms with Crippen molar-refractivity contribution < 1.29 is 14.2 Å². The van der Waals surface area contributed by atoms with Crippen LogP contribution in [0, 0.1) is 11.3 Å². The smallest absolute Gasteiger partial charge is 0.163 e. The van der Waals surface area contributed by atoms with Gasteiger partial charge in [-0.05, 0) is 96.1 Å². The maximum Gasteiger partial charge on any atom is 0.163 e. The average Bonchev–Trinajstić information content (AvgIpc) is 3.27. The van der Waals surface area contributed by atoms with Crippen molar-refractivity contribution in [3.05, 3.63) is 94.0 Å². The number of allylic oxidation sites excluding steroid dienone is 1. The molecule has 0 radical (unpaired) electrons. The molecule has 0 bridgehead atoms. The zero-order valence-corrected chi connectivity index (χ0v) is 27.8. The normalized spacial score (nSPS) is 26.7. The van der Waals surface area contributed by atoms with Gasteiger partial charge in [0.1, 0.15) is 34.8 Å². The highest BCUT2D eigenvalue weighted by Gasteiger charge is 2.75. The van der Waals surface area contributed by atoms with E-state index in [0.29, 0.717) is 17.6 Å². The van der Waals surface area contributed by atoms with E-state index >= 15 is 0 Å². The van der Waals surface area contributed by atoms with Crippen LogP contribution >= 0.6 is 27.5 Å². The minimum Gasteiger partial charge on any atom is -0.497 e. The molecule has 1 aliphatic heterocycles. The Bertz CT molecular complexity index is 1990. The molecule has 8 nitrogen and oxygen atoms in total. The number of ether oxygens (including phenoxy) is 3. The summed E-state index contributed by atoms with van der Waals surface area (Å²) in [6.07, 6.45) is 6.89. The standard InChI is InChI=1S/C35H33BrClN5O3/c1-19(21-7-8-22-13-26(36)32(41-27(22)14-21)38-17-20-5-9-23(43-4)10-6-20)15-35-16-25(35)28(29-30(35)45-34(2,3)44-29)42-12-11-24-31(37)39-18-40-33(24)42/h5-15,18,25,28-30H,16-17H2,1-4H3,(H,38,41)/b19-15+/t25-,28-,29+,30+,35-/m1/s1. The second-order valence-corrected chi connectivity index (χ2v) is 14.0. The van der Waals surface area contributed by atoms with E-state index in [1.165, 1.54) is 11.9 Å². The minimum atomic E-state index is -0.666. The van der Waals surface area contributed by atoms with E-state index < -0.39 is 5.79 Å². The fourth-order valence-electron chi connectivity index (χ4n) is 7.48. The number of benzene rings is 2. The number of halogens is 2. The average molecular weight is 687 g/mol. The SMILES string of the molecule is COc1ccc(CNc2nc3cc(/C(C)=C/[C@@]45C[C@@H]4[C@@H](n4ccc6c(Cl)ncnc64)[C@@H]4OC(C)(C)O[C@@H]45)ccc3cc2Br)cc1. The van der Waals surface area contributed by atoms with Gasteiger partial charge in [-0.25, -0.2) is 15.0 Å². The van der Waals surface area contributed by atoms with E-state index in [9.17, 15) is 0 Å². The topological polar surface area (TPSA) is 83.3 Å². The van der Waals surface area contributed by atoms with Crippen LogP contribution in [0.15, 0.2) is 77.7 Å². The highest BCUT2D eigenvalue weighted by atomic mass is 79.9. The lowest BCUT2D eigenvalue weighted by Crippen LogP contribution is -2.31. The molecule has 3 aliphatic rings. The first-order valence-corrected chi connectivity index (χ1v) is 16.3. The van der Waals surface area contributed by atoms with Gasteiger partial charge in [0.05, 0.1) is 34.6 Å². The van der Waals surface area contributed by atoms with Crippen LogP contribution in [0.5, 0.6) is 5.75 Å². The summed E-state index contributed by atoms with van der Waals surface area (Å²) in [7, 11) is 1.67. The number of nitrogens with zero attached hydrogens (tertiary/aromatic N) is 4. The number of methoxy groups -OCH3 is 1. The van der Waals surface area contributed by atoms with Gasteiger partial charge in [0, 0.05) is 23.5 Å². The Labute approximate surface area is 274 Å². The molecule has 0 spiro atoms. The van der Waals surface area contributed by atoms with Gasteiger partial charge >= 0.3 is 0 Å². The van der Waals surface area contributed by atoms with Gasteiger partial charge in [0.2, 0.25) is 0 Å². The number of hydrogen-bond acceptors (Lipinski definition) is 7. The molecule has 230 valence electrons. The van der Waals surface area contributed by atoms with Gasteiger partial charge in [-0.3, -0.25) is 0 Å². The van der Waals surface area contributed by atoms with Gasteiger partial charge in [0.25, 0.3) is 0 Å². The third kappa shape index (κ3) is 4.83. The van der Waals surface area contributed by atoms with Crippen LogP contribution in [0.2, 0.25) is 5.15 Å². The summed E-state index contributed by atoms with van der Waals surface area (Å²) >= 11 is 10.1. The zero-order valence-electron chi connectivity index (χ0n) is 25.4. The summed E-state index contributed by atoms with van der Waals surface area (Å²) in [5.74, 6) is 1.34. The number of hydrogen-bond donors (Lipinski definition) is 1. The molecule has 3 aromatic heterocycles. The van der Waals surface area contributed by atoms with Crippen molar-refractivity contribution in [2.75, 3.05) is 12.4 Å². The Hall–Kier alpha value is -3.50. The molecule has 1 N–H and O–H groups in total. The summed E-state index contributed by atoms with van der Waals surface area (Å²) in [5.41, 5.74) is 5.12. The Morgan fingerprint density at radius 3 is 2.76 bits per heavy atom. The first-order chi connectivity index (χ1) is 21.7. The van der Waals surface area contributed by atoms with Crippen molar-refractivity contribution in [1.82, 2.24) is 19.5 Å². The van der Waals surface area contributed by atoms with Crippen molar-refractivity contribution in [3.8, 4) is 5.75 Å². The zero-order chi connectivity index (χ0) is 31.1. The summed E-state index contributed by atoms with van der Waals surface area (Å²) < 4.78 is 21.6. The lowest BCUT2D eigenvalue weighted by atomic mass is 9.93. The molecule has 45 heavy (non-hydrogen) atoms. The summed E-state index contributed by atoms with van der Waals surface area (Å²) in [6.45, 7) is 6.85. The van der Waals surface area contributed by atoms with Crippen molar-refractivity contribution in [1.29, 1.82) is 0 Å². The second-order valence-electron chi connectivity index (χ2n) is 12.8. The molecular formula is C35H33BrClN5O3. The highest BCUT2D eigenvalue weighted by Crippen LogP contribution is 2.72. The quantitative estimate of drug-likeness (QED) is 0.173. The Balaban J connectivity index is 1.10. The molecule has 2 aromatic carbocycles. The maximum atomic E-state index is 6.63. The third-order valence-corrected chi connectivity index (χ3v) is 10.5. The van der Waals surface area contributed by atoms with Crippen LogP contribution in [-0.2, 0) is 16.0 Å². The van der Waals surface area contributed by atoms with Crippen molar-refractivity contribution >= 4 is 60.9 Å². The van der Waals surface area contributed by atoms with Crippen LogP contribution in [0.1, 0.15) is 44.4 Å². The van der Waals surface area contributed by atoms with Crippen LogP contribution in [0.4, 0.5) is 5.82 Å². The van der Waals surface area contributed by atoms with Gasteiger partial charge in [-0.2, -0.15) is 0 Å². The third-order valence-electron chi connectivity index (χ3n) is 9.62. The van der Waals surface area contributed by atoms with Gasteiger partial charge in [0.15, 0.2) is 5.79 Å². The number of pyridine rings is 1. The van der Waals surface area contributed by atoms with E-state index in [1.807, 2.05) is 32.0 Å². The van der Waals surface area contributed by atoms with Gasteiger partial charge in [-0.1, -0.05) is 41.9 Å². The lowest BCUT2D eigenvalue weighted by molar-refractivity contribution is -0.159. The minimum absolute atomic E-state index is 0.0597. The van der Waals surface area contributed by atoms with E-state index in [-0.39, 0.29) is 23.7 Å². The van der Waals surface area contributed by atoms with Gasteiger partial charge < -0.3 is 24.1 Å². The molecule has 2 saturated carbocycles. The fraction of sp³-hybridized carbons (Fsp3) is 0.343. The maximum absolute atomic E-state index is 6.63. The molecule has 5 atom stereocenters. The second kappa shape index (κ2) is 10.5. The molecule has 0 amide bonds. The molecule has 1 saturated heterocycles. The molecule has 2 aliphatic carbocycles. The summed E-state index contributed by atoms with van der Waals surface area (Å²) in [4.78, 5) is 13.8. The molecule has 10 heteroatoms. The monoisotopic (exact) mass is 685 g/mol. The molecular weight excluding hydrogens is 654 g/mol. The Morgan fingerprint density at radius 1 is 1.13 bits per heavy atom. The fourth-order valence-corrected chi connectivity index (χ4v) is 8.14. The highest BCUT2D eigenvalue weighted by molar-refractivity contribution is 9.10. The van der Waals surface area contributed by atoms with Crippen LogP contribution in [-0.4, -0.2) is 44.6 Å². The number of rotatable bonds is 7. The van der Waals surface area contributed by atoms with Crippen molar-refractivity contribution in [2.24, 2.45) is 11.3 Å². The summed E-state index contributed by atoms with van der Waals surface area (Å²) in [6, 6.07) is 18.7. The predicted molar refractivity (Wildman–Crippen MR) is 179 cm³/mol. The van der Waals surface area contributed by atoms with E-state index in [2.05, 4.69) is 91.4 Å². The molecule has 5 aromatic rings. The largest absolute Gasteiger partial charge is 0.497 e. The van der Waals surface area contributed by atoms with Crippen molar-refractivity contribution in [2.45, 2.75) is 57.8 Å². The number of anilines is 1.